The Morgan fingerprint density at radius 2 is 2.36 bits per heavy atom. The third-order valence-electron chi connectivity index (χ3n) is 2.25. The van der Waals surface area contributed by atoms with Crippen molar-refractivity contribution >= 4 is 33.2 Å². The van der Waals surface area contributed by atoms with Crippen LogP contribution in [0.1, 0.15) is 36.1 Å². The molecule has 2 nitrogen and oxygen atoms in total. The molecule has 0 bridgehead atoms. The zero-order chi connectivity index (χ0) is 10.7. The summed E-state index contributed by atoms with van der Waals surface area (Å²) in [7, 11) is 0. The topological polar surface area (TPSA) is 37.3 Å². The lowest BCUT2D eigenvalue weighted by Gasteiger charge is -2.08. The van der Waals surface area contributed by atoms with Crippen LogP contribution in [-0.4, -0.2) is 11.1 Å². The van der Waals surface area contributed by atoms with E-state index in [1.807, 2.05) is 0 Å². The highest BCUT2D eigenvalue weighted by molar-refractivity contribution is 9.11. The number of thiophene rings is 1. The van der Waals surface area contributed by atoms with E-state index in [2.05, 4.69) is 35.8 Å². The Morgan fingerprint density at radius 1 is 1.71 bits per heavy atom. The van der Waals surface area contributed by atoms with Gasteiger partial charge in [-0.15, -0.1) is 11.3 Å². The lowest BCUT2D eigenvalue weighted by Crippen LogP contribution is -2.00. The van der Waals surface area contributed by atoms with Crippen LogP contribution in [0.25, 0.3) is 0 Å². The predicted octanol–water partition coefficient (Wildman–Crippen LogP) is 3.79. The molecule has 1 unspecified atom stereocenters. The fraction of sp³-hybridized carbons (Fsp3) is 0.500. The van der Waals surface area contributed by atoms with E-state index in [4.69, 9.17) is 5.11 Å². The van der Waals surface area contributed by atoms with Crippen molar-refractivity contribution < 1.29 is 9.90 Å². The second-order valence-electron chi connectivity index (χ2n) is 3.40. The molecule has 1 atom stereocenters. The van der Waals surface area contributed by atoms with Crippen molar-refractivity contribution in [2.75, 3.05) is 0 Å². The Balaban J connectivity index is 2.64. The van der Waals surface area contributed by atoms with Crippen LogP contribution in [0.15, 0.2) is 9.85 Å². The van der Waals surface area contributed by atoms with Crippen LogP contribution in [0.4, 0.5) is 0 Å². The van der Waals surface area contributed by atoms with Crippen molar-refractivity contribution in [2.45, 2.75) is 32.6 Å². The first-order valence-electron chi connectivity index (χ1n) is 4.48. The Kier molecular flexibility index (Phi) is 4.13. The summed E-state index contributed by atoms with van der Waals surface area (Å²) < 4.78 is 1.12. The molecule has 0 saturated carbocycles. The molecular weight excluding hydrogens is 264 g/mol. The van der Waals surface area contributed by atoms with Gasteiger partial charge in [0.15, 0.2) is 0 Å². The molecule has 0 fully saturated rings. The summed E-state index contributed by atoms with van der Waals surface area (Å²) in [5, 5.41) is 8.58. The molecule has 0 spiro atoms. The minimum absolute atomic E-state index is 0.244. The summed E-state index contributed by atoms with van der Waals surface area (Å²) >= 11 is 5.13. The molecule has 14 heavy (non-hydrogen) atoms. The summed E-state index contributed by atoms with van der Waals surface area (Å²) in [6.07, 6.45) is 0.952. The molecule has 0 aliphatic carbocycles. The van der Waals surface area contributed by atoms with Crippen LogP contribution in [0.2, 0.25) is 0 Å². The molecule has 0 saturated heterocycles. The van der Waals surface area contributed by atoms with Gasteiger partial charge in [-0.1, -0.05) is 6.92 Å². The second-order valence-corrected chi connectivity index (χ2v) is 6.03. The molecule has 1 N–H and O–H groups in total. The van der Waals surface area contributed by atoms with Crippen molar-refractivity contribution in [1.82, 2.24) is 0 Å². The summed E-state index contributed by atoms with van der Waals surface area (Å²) in [5.74, 6) is -0.391. The van der Waals surface area contributed by atoms with Gasteiger partial charge in [-0.2, -0.15) is 0 Å². The van der Waals surface area contributed by atoms with Gasteiger partial charge in [-0.3, -0.25) is 4.79 Å². The van der Waals surface area contributed by atoms with Gasteiger partial charge in [-0.05, 0) is 46.8 Å². The third kappa shape index (κ3) is 3.10. The third-order valence-corrected chi connectivity index (χ3v) is 3.82. The molecule has 1 heterocycles. The Labute approximate surface area is 96.1 Å². The van der Waals surface area contributed by atoms with Gasteiger partial charge in [0.1, 0.15) is 0 Å². The summed E-state index contributed by atoms with van der Waals surface area (Å²) in [4.78, 5) is 11.7. The van der Waals surface area contributed by atoms with Gasteiger partial charge in [0.2, 0.25) is 0 Å². The number of rotatable bonds is 4. The summed E-state index contributed by atoms with van der Waals surface area (Å²) in [6, 6.07) is 2.09. The highest BCUT2D eigenvalue weighted by atomic mass is 79.9. The molecule has 0 aliphatic rings. The zero-order valence-corrected chi connectivity index (χ0v) is 10.6. The molecule has 0 aliphatic heterocycles. The van der Waals surface area contributed by atoms with E-state index in [0.717, 1.165) is 3.79 Å². The average Bonchev–Trinajstić information content (AvgIpc) is 2.41. The lowest BCUT2D eigenvalue weighted by atomic mass is 9.97. The Hall–Kier alpha value is -0.350. The monoisotopic (exact) mass is 276 g/mol. The first kappa shape index (κ1) is 11.7. The van der Waals surface area contributed by atoms with Crippen molar-refractivity contribution in [1.29, 1.82) is 0 Å². The zero-order valence-electron chi connectivity index (χ0n) is 8.21. The molecule has 0 aromatic carbocycles. The van der Waals surface area contributed by atoms with E-state index < -0.39 is 5.97 Å². The van der Waals surface area contributed by atoms with Gasteiger partial charge < -0.3 is 5.11 Å². The Bertz CT molecular complexity index is 333. The number of aliphatic carboxylic acids is 1. The largest absolute Gasteiger partial charge is 0.481 e. The molecule has 4 heteroatoms. The van der Waals surface area contributed by atoms with Crippen LogP contribution in [-0.2, 0) is 4.79 Å². The van der Waals surface area contributed by atoms with Gasteiger partial charge in [0.25, 0.3) is 0 Å². The number of halogens is 1. The van der Waals surface area contributed by atoms with Crippen molar-refractivity contribution in [3.8, 4) is 0 Å². The lowest BCUT2D eigenvalue weighted by molar-refractivity contribution is -0.137. The number of hydrogen-bond acceptors (Lipinski definition) is 2. The smallest absolute Gasteiger partial charge is 0.303 e. The summed E-state index contributed by atoms with van der Waals surface area (Å²) in [5.41, 5.74) is 1.27. The molecule has 1 aromatic rings. The number of aryl methyl sites for hydroxylation is 1. The molecule has 0 amide bonds. The normalized spacial score (nSPS) is 12.8. The van der Waals surface area contributed by atoms with Gasteiger partial charge in [0, 0.05) is 11.3 Å². The maximum Gasteiger partial charge on any atom is 0.303 e. The SMILES string of the molecule is Cc1sc(Br)cc1C(C)CCC(=O)O. The predicted molar refractivity (Wildman–Crippen MR) is 62.0 cm³/mol. The van der Waals surface area contributed by atoms with E-state index in [9.17, 15) is 4.79 Å². The van der Waals surface area contributed by atoms with E-state index in [-0.39, 0.29) is 6.42 Å². The van der Waals surface area contributed by atoms with E-state index >= 15 is 0 Å². The van der Waals surface area contributed by atoms with Crippen molar-refractivity contribution in [2.24, 2.45) is 0 Å². The van der Waals surface area contributed by atoms with Gasteiger partial charge in [0.05, 0.1) is 3.79 Å². The first-order valence-corrected chi connectivity index (χ1v) is 6.09. The Morgan fingerprint density at radius 3 is 2.79 bits per heavy atom. The average molecular weight is 277 g/mol. The minimum Gasteiger partial charge on any atom is -0.481 e. The number of carbonyl (C=O) groups is 1. The van der Waals surface area contributed by atoms with E-state index in [1.165, 1.54) is 10.4 Å². The van der Waals surface area contributed by atoms with Crippen LogP contribution < -0.4 is 0 Å². The van der Waals surface area contributed by atoms with Gasteiger partial charge >= 0.3 is 5.97 Å². The van der Waals surface area contributed by atoms with Crippen LogP contribution in [0.5, 0.6) is 0 Å². The van der Waals surface area contributed by atoms with Gasteiger partial charge in [-0.25, -0.2) is 0 Å². The van der Waals surface area contributed by atoms with Crippen LogP contribution in [0.3, 0.4) is 0 Å². The molecular formula is C10H13BrO2S. The first-order chi connectivity index (χ1) is 6.50. The highest BCUT2D eigenvalue weighted by Crippen LogP contribution is 2.33. The fourth-order valence-electron chi connectivity index (χ4n) is 1.44. The molecule has 1 aromatic heterocycles. The number of carboxylic acids is 1. The molecule has 78 valence electrons. The number of hydrogen-bond donors (Lipinski definition) is 1. The number of carboxylic acid groups (broad SMARTS) is 1. The van der Waals surface area contributed by atoms with Crippen LogP contribution >= 0.6 is 27.3 Å². The fourth-order valence-corrected chi connectivity index (χ4v) is 3.27. The standard InChI is InChI=1S/C10H13BrO2S/c1-6(3-4-10(12)13)8-5-9(11)14-7(8)2/h5-6H,3-4H2,1-2H3,(H,12,13). The van der Waals surface area contributed by atoms with E-state index in [0.29, 0.717) is 12.3 Å². The second kappa shape index (κ2) is 4.94. The van der Waals surface area contributed by atoms with Crippen LogP contribution in [0, 0.1) is 6.92 Å². The maximum atomic E-state index is 10.4. The van der Waals surface area contributed by atoms with E-state index in [1.54, 1.807) is 11.3 Å². The minimum atomic E-state index is -0.719. The summed E-state index contributed by atoms with van der Waals surface area (Å²) in [6.45, 7) is 4.15. The molecule has 1 rings (SSSR count). The highest BCUT2D eigenvalue weighted by Gasteiger charge is 2.12. The maximum absolute atomic E-state index is 10.4. The van der Waals surface area contributed by atoms with Crippen molar-refractivity contribution in [3.63, 3.8) is 0 Å². The quantitative estimate of drug-likeness (QED) is 0.909. The molecule has 0 radical (unpaired) electrons. The van der Waals surface area contributed by atoms with Crippen molar-refractivity contribution in [3.05, 3.63) is 20.3 Å².